The summed E-state index contributed by atoms with van der Waals surface area (Å²) in [6.45, 7) is 7.89. The molecule has 0 fully saturated rings. The summed E-state index contributed by atoms with van der Waals surface area (Å²) in [7, 11) is 3.57. The Labute approximate surface area is 121 Å². The van der Waals surface area contributed by atoms with Crippen molar-refractivity contribution >= 4 is 6.03 Å². The van der Waals surface area contributed by atoms with E-state index in [1.165, 1.54) is 0 Å². The molecule has 0 spiro atoms. The molecule has 0 aliphatic rings. The zero-order valence-corrected chi connectivity index (χ0v) is 13.1. The van der Waals surface area contributed by atoms with Gasteiger partial charge in [0.1, 0.15) is 5.82 Å². The van der Waals surface area contributed by atoms with Gasteiger partial charge in [0.2, 0.25) is 0 Å². The lowest BCUT2D eigenvalue weighted by Crippen LogP contribution is -2.44. The number of aromatic nitrogens is 2. The van der Waals surface area contributed by atoms with Gasteiger partial charge in [0, 0.05) is 39.6 Å². The van der Waals surface area contributed by atoms with Crippen LogP contribution in [0.5, 0.6) is 0 Å². The molecule has 0 aromatic carbocycles. The Hall–Kier alpha value is -1.56. The van der Waals surface area contributed by atoms with Crippen molar-refractivity contribution in [1.82, 2.24) is 19.8 Å². The third kappa shape index (κ3) is 4.23. The summed E-state index contributed by atoms with van der Waals surface area (Å²) in [6.07, 6.45) is 3.64. The molecule has 0 aliphatic carbocycles. The summed E-state index contributed by atoms with van der Waals surface area (Å²) in [5, 5.41) is 3.07. The van der Waals surface area contributed by atoms with Gasteiger partial charge in [0.15, 0.2) is 0 Å². The Morgan fingerprint density at radius 3 is 2.70 bits per heavy atom. The molecule has 1 N–H and O–H groups in total. The third-order valence-electron chi connectivity index (χ3n) is 3.32. The van der Waals surface area contributed by atoms with E-state index in [1.807, 2.05) is 24.7 Å². The molecule has 1 heterocycles. The van der Waals surface area contributed by atoms with Crippen LogP contribution in [0.2, 0.25) is 0 Å². The van der Waals surface area contributed by atoms with Crippen molar-refractivity contribution in [2.24, 2.45) is 13.0 Å². The molecule has 1 aromatic rings. The number of hydrogen-bond donors (Lipinski definition) is 1. The molecule has 1 atom stereocenters. The minimum atomic E-state index is -0.0981. The molecule has 0 saturated heterocycles. The minimum absolute atomic E-state index is 0.0775. The summed E-state index contributed by atoms with van der Waals surface area (Å²) < 4.78 is 6.97. The number of urea groups is 1. The highest BCUT2D eigenvalue weighted by Crippen LogP contribution is 2.19. The van der Waals surface area contributed by atoms with Gasteiger partial charge in [-0.3, -0.25) is 0 Å². The first-order valence-electron chi connectivity index (χ1n) is 7.02. The number of hydrogen-bond acceptors (Lipinski definition) is 3. The van der Waals surface area contributed by atoms with E-state index in [0.29, 0.717) is 19.7 Å². The largest absolute Gasteiger partial charge is 0.383 e. The lowest BCUT2D eigenvalue weighted by molar-refractivity contribution is 0.148. The van der Waals surface area contributed by atoms with Gasteiger partial charge in [-0.25, -0.2) is 9.78 Å². The number of nitrogens with zero attached hydrogens (tertiary/aromatic N) is 3. The predicted octanol–water partition coefficient (Wildman–Crippen LogP) is 1.80. The van der Waals surface area contributed by atoms with E-state index in [2.05, 4.69) is 24.1 Å². The number of amides is 2. The number of aryl methyl sites for hydroxylation is 1. The molecule has 0 saturated carbocycles. The SMILES string of the molecule is CCN(CCOC)C(=O)N[C@H](c1nccn1C)C(C)C. The van der Waals surface area contributed by atoms with Crippen molar-refractivity contribution in [3.8, 4) is 0 Å². The number of ether oxygens (including phenoxy) is 1. The van der Waals surface area contributed by atoms with Crippen molar-refractivity contribution < 1.29 is 9.53 Å². The van der Waals surface area contributed by atoms with Crippen molar-refractivity contribution in [2.75, 3.05) is 26.8 Å². The highest BCUT2D eigenvalue weighted by molar-refractivity contribution is 5.74. The van der Waals surface area contributed by atoms with E-state index in [4.69, 9.17) is 4.74 Å². The highest BCUT2D eigenvalue weighted by Gasteiger charge is 2.23. The van der Waals surface area contributed by atoms with Crippen LogP contribution in [0.4, 0.5) is 4.79 Å². The molecule has 0 unspecified atom stereocenters. The van der Waals surface area contributed by atoms with Gasteiger partial charge in [-0.1, -0.05) is 13.8 Å². The Morgan fingerprint density at radius 2 is 2.25 bits per heavy atom. The smallest absolute Gasteiger partial charge is 0.318 e. The number of imidazole rings is 1. The van der Waals surface area contributed by atoms with E-state index in [9.17, 15) is 4.79 Å². The van der Waals surface area contributed by atoms with Crippen LogP contribution in [-0.2, 0) is 11.8 Å². The van der Waals surface area contributed by atoms with E-state index in [0.717, 1.165) is 5.82 Å². The van der Waals surface area contributed by atoms with E-state index < -0.39 is 0 Å². The zero-order valence-electron chi connectivity index (χ0n) is 13.1. The fourth-order valence-electron chi connectivity index (χ4n) is 2.04. The average molecular weight is 282 g/mol. The summed E-state index contributed by atoms with van der Waals surface area (Å²) in [6, 6.07) is -0.176. The van der Waals surface area contributed by atoms with Crippen LogP contribution in [0.15, 0.2) is 12.4 Å². The molecular weight excluding hydrogens is 256 g/mol. The summed E-state index contributed by atoms with van der Waals surface area (Å²) in [5.74, 6) is 1.14. The van der Waals surface area contributed by atoms with Gasteiger partial charge >= 0.3 is 6.03 Å². The molecular formula is C14H26N4O2. The molecule has 2 amide bonds. The monoisotopic (exact) mass is 282 g/mol. The lowest BCUT2D eigenvalue weighted by Gasteiger charge is -2.27. The second-order valence-corrected chi connectivity index (χ2v) is 5.14. The summed E-state index contributed by atoms with van der Waals surface area (Å²) in [4.78, 5) is 18.4. The highest BCUT2D eigenvalue weighted by atomic mass is 16.5. The maximum Gasteiger partial charge on any atom is 0.318 e. The normalized spacial score (nSPS) is 12.5. The maximum atomic E-state index is 12.3. The van der Waals surface area contributed by atoms with Crippen LogP contribution < -0.4 is 5.32 Å². The standard InChI is InChI=1S/C14H26N4O2/c1-6-18(9-10-20-5)14(19)16-12(11(2)3)13-15-7-8-17(13)4/h7-8,11-12H,6,9-10H2,1-5H3,(H,16,19)/t12-/m0/s1. The zero-order chi connectivity index (χ0) is 15.1. The molecule has 1 aromatic heterocycles. The number of rotatable bonds is 7. The Bertz CT molecular complexity index is 417. The molecule has 20 heavy (non-hydrogen) atoms. The third-order valence-corrected chi connectivity index (χ3v) is 3.32. The van der Waals surface area contributed by atoms with Crippen molar-refractivity contribution in [2.45, 2.75) is 26.8 Å². The first-order valence-corrected chi connectivity index (χ1v) is 7.02. The van der Waals surface area contributed by atoms with E-state index >= 15 is 0 Å². The van der Waals surface area contributed by atoms with Gasteiger partial charge in [0.05, 0.1) is 12.6 Å². The first-order chi connectivity index (χ1) is 9.51. The first kappa shape index (κ1) is 16.5. The molecule has 6 heteroatoms. The van der Waals surface area contributed by atoms with Crippen molar-refractivity contribution in [3.63, 3.8) is 0 Å². The van der Waals surface area contributed by atoms with Gasteiger partial charge in [-0.2, -0.15) is 0 Å². The molecule has 114 valence electrons. The summed E-state index contributed by atoms with van der Waals surface area (Å²) >= 11 is 0. The van der Waals surface area contributed by atoms with Gasteiger partial charge in [-0.05, 0) is 12.8 Å². The van der Waals surface area contributed by atoms with Gasteiger partial charge in [-0.15, -0.1) is 0 Å². The second kappa shape index (κ2) is 7.89. The fourth-order valence-corrected chi connectivity index (χ4v) is 2.04. The van der Waals surface area contributed by atoms with Crippen LogP contribution in [0.3, 0.4) is 0 Å². The predicted molar refractivity (Wildman–Crippen MR) is 78.4 cm³/mol. The van der Waals surface area contributed by atoms with E-state index in [-0.39, 0.29) is 18.0 Å². The van der Waals surface area contributed by atoms with Crippen LogP contribution in [0.25, 0.3) is 0 Å². The number of methoxy groups -OCH3 is 1. The van der Waals surface area contributed by atoms with E-state index in [1.54, 1.807) is 18.2 Å². The molecule has 0 aliphatic heterocycles. The molecule has 0 bridgehead atoms. The molecule has 1 rings (SSSR count). The fraction of sp³-hybridized carbons (Fsp3) is 0.714. The quantitative estimate of drug-likeness (QED) is 0.829. The van der Waals surface area contributed by atoms with Crippen molar-refractivity contribution in [1.29, 1.82) is 0 Å². The van der Waals surface area contributed by atoms with Crippen LogP contribution in [-0.4, -0.2) is 47.3 Å². The lowest BCUT2D eigenvalue weighted by atomic mass is 10.0. The van der Waals surface area contributed by atoms with Crippen LogP contribution in [0.1, 0.15) is 32.6 Å². The number of likely N-dealkylation sites (N-methyl/N-ethyl adjacent to an activating group) is 1. The van der Waals surface area contributed by atoms with Crippen LogP contribution >= 0.6 is 0 Å². The Morgan fingerprint density at radius 1 is 1.55 bits per heavy atom. The molecule has 6 nitrogen and oxygen atoms in total. The van der Waals surface area contributed by atoms with Crippen LogP contribution in [0, 0.1) is 5.92 Å². The number of carbonyl (C=O) groups is 1. The average Bonchev–Trinajstić information content (AvgIpc) is 2.82. The van der Waals surface area contributed by atoms with Crippen molar-refractivity contribution in [3.05, 3.63) is 18.2 Å². The Balaban J connectivity index is 2.75. The number of carbonyl (C=O) groups excluding carboxylic acids is 1. The van der Waals surface area contributed by atoms with Gasteiger partial charge in [0.25, 0.3) is 0 Å². The Kier molecular flexibility index (Phi) is 6.51. The second-order valence-electron chi connectivity index (χ2n) is 5.14. The maximum absolute atomic E-state index is 12.3. The molecule has 0 radical (unpaired) electrons. The number of nitrogens with one attached hydrogen (secondary N) is 1. The summed E-state index contributed by atoms with van der Waals surface area (Å²) in [5.41, 5.74) is 0. The topological polar surface area (TPSA) is 59.4 Å². The minimum Gasteiger partial charge on any atom is -0.383 e. The van der Waals surface area contributed by atoms with Gasteiger partial charge < -0.3 is 19.5 Å².